The highest BCUT2D eigenvalue weighted by Crippen LogP contribution is 2.36. The maximum absolute atomic E-state index is 12.9. The molecule has 0 unspecified atom stereocenters. The first-order valence-electron chi connectivity index (χ1n) is 12.7. The summed E-state index contributed by atoms with van der Waals surface area (Å²) >= 11 is 2.63. The lowest BCUT2D eigenvalue weighted by atomic mass is 10.0. The van der Waals surface area contributed by atoms with Crippen molar-refractivity contribution in [3.8, 4) is 11.1 Å². The standard InChI is InChI=1S/C32H26N2O4S2/c1-2-38-32(37)29-27(22-10-4-3-5-11-22)19-40-31(29)34-28(35)20-39-26-14-8-13-25(18-26)33-30(36)24-16-15-21-9-6-7-12-23(21)17-24/h3-19H,2,20H2,1H3,(H,33,36)(H,34,35). The van der Waals surface area contributed by atoms with Crippen molar-refractivity contribution in [3.05, 3.63) is 114 Å². The maximum atomic E-state index is 12.9. The van der Waals surface area contributed by atoms with E-state index in [2.05, 4.69) is 10.6 Å². The summed E-state index contributed by atoms with van der Waals surface area (Å²) in [5.74, 6) is -0.796. The Morgan fingerprint density at radius 1 is 0.825 bits per heavy atom. The van der Waals surface area contributed by atoms with Crippen molar-refractivity contribution in [2.24, 2.45) is 0 Å². The number of carbonyl (C=O) groups excluding carboxylic acids is 3. The van der Waals surface area contributed by atoms with Crippen molar-refractivity contribution in [1.29, 1.82) is 0 Å². The molecule has 0 bridgehead atoms. The summed E-state index contributed by atoms with van der Waals surface area (Å²) < 4.78 is 5.27. The summed E-state index contributed by atoms with van der Waals surface area (Å²) in [6.07, 6.45) is 0. The monoisotopic (exact) mass is 566 g/mol. The van der Waals surface area contributed by atoms with E-state index in [-0.39, 0.29) is 24.2 Å². The van der Waals surface area contributed by atoms with Crippen molar-refractivity contribution >= 4 is 62.3 Å². The fraction of sp³-hybridized carbons (Fsp3) is 0.0938. The topological polar surface area (TPSA) is 84.5 Å². The molecule has 0 saturated carbocycles. The predicted molar refractivity (Wildman–Crippen MR) is 163 cm³/mol. The van der Waals surface area contributed by atoms with Crippen LogP contribution in [0.3, 0.4) is 0 Å². The molecule has 5 rings (SSSR count). The van der Waals surface area contributed by atoms with Crippen molar-refractivity contribution in [2.75, 3.05) is 23.0 Å². The summed E-state index contributed by atoms with van der Waals surface area (Å²) in [7, 11) is 0. The highest BCUT2D eigenvalue weighted by molar-refractivity contribution is 8.00. The van der Waals surface area contributed by atoms with Gasteiger partial charge in [-0.25, -0.2) is 4.79 Å². The minimum absolute atomic E-state index is 0.128. The first-order chi connectivity index (χ1) is 19.5. The maximum Gasteiger partial charge on any atom is 0.341 e. The van der Waals surface area contributed by atoms with E-state index < -0.39 is 5.97 Å². The number of anilines is 2. The van der Waals surface area contributed by atoms with Gasteiger partial charge in [-0.05, 0) is 53.6 Å². The Morgan fingerprint density at radius 3 is 2.40 bits per heavy atom. The highest BCUT2D eigenvalue weighted by Gasteiger charge is 2.22. The van der Waals surface area contributed by atoms with Crippen LogP contribution in [0.25, 0.3) is 21.9 Å². The molecule has 4 aromatic carbocycles. The van der Waals surface area contributed by atoms with Gasteiger partial charge in [-0.15, -0.1) is 23.1 Å². The molecular formula is C32H26N2O4S2. The number of carbonyl (C=O) groups is 3. The van der Waals surface area contributed by atoms with Crippen LogP contribution in [-0.4, -0.2) is 30.1 Å². The van der Waals surface area contributed by atoms with Crippen LogP contribution in [0.1, 0.15) is 27.6 Å². The third-order valence-corrected chi connectivity index (χ3v) is 7.97. The lowest BCUT2D eigenvalue weighted by molar-refractivity contribution is -0.113. The molecular weight excluding hydrogens is 540 g/mol. The predicted octanol–water partition coefficient (Wildman–Crippen LogP) is 7.73. The van der Waals surface area contributed by atoms with Crippen LogP contribution in [0.15, 0.2) is 107 Å². The van der Waals surface area contributed by atoms with Crippen LogP contribution in [0.2, 0.25) is 0 Å². The number of hydrogen-bond donors (Lipinski definition) is 2. The Bertz CT molecular complexity index is 1680. The highest BCUT2D eigenvalue weighted by atomic mass is 32.2. The third kappa shape index (κ3) is 6.42. The van der Waals surface area contributed by atoms with Gasteiger partial charge in [0.05, 0.1) is 12.4 Å². The van der Waals surface area contributed by atoms with Crippen LogP contribution in [0.5, 0.6) is 0 Å². The minimum Gasteiger partial charge on any atom is -0.462 e. The van der Waals surface area contributed by atoms with Crippen LogP contribution < -0.4 is 10.6 Å². The number of thioether (sulfide) groups is 1. The Balaban J connectivity index is 1.24. The van der Waals surface area contributed by atoms with Crippen LogP contribution in [0.4, 0.5) is 10.7 Å². The molecule has 40 heavy (non-hydrogen) atoms. The number of thiophene rings is 1. The average Bonchev–Trinajstić information content (AvgIpc) is 3.40. The molecule has 2 amide bonds. The third-order valence-electron chi connectivity index (χ3n) is 6.08. The second-order valence-electron chi connectivity index (χ2n) is 8.82. The fourth-order valence-corrected chi connectivity index (χ4v) is 5.92. The van der Waals surface area contributed by atoms with Crippen LogP contribution >= 0.6 is 23.1 Å². The van der Waals surface area contributed by atoms with E-state index in [0.717, 1.165) is 26.8 Å². The first kappa shape index (κ1) is 27.2. The van der Waals surface area contributed by atoms with E-state index >= 15 is 0 Å². The molecule has 5 aromatic rings. The van der Waals surface area contributed by atoms with E-state index in [1.165, 1.54) is 23.1 Å². The Morgan fingerprint density at radius 2 is 1.60 bits per heavy atom. The molecule has 0 aliphatic heterocycles. The number of fused-ring (bicyclic) bond motifs is 1. The van der Waals surface area contributed by atoms with E-state index in [9.17, 15) is 14.4 Å². The second-order valence-corrected chi connectivity index (χ2v) is 10.7. The largest absolute Gasteiger partial charge is 0.462 e. The molecule has 0 aliphatic carbocycles. The van der Waals surface area contributed by atoms with E-state index in [1.807, 2.05) is 96.4 Å². The van der Waals surface area contributed by atoms with E-state index in [0.29, 0.717) is 21.8 Å². The molecule has 2 N–H and O–H groups in total. The number of ether oxygens (including phenoxy) is 1. The number of esters is 1. The molecule has 1 heterocycles. The van der Waals surface area contributed by atoms with Gasteiger partial charge in [0.1, 0.15) is 10.6 Å². The zero-order valence-corrected chi connectivity index (χ0v) is 23.3. The Hall–Kier alpha value is -4.40. The fourth-order valence-electron chi connectivity index (χ4n) is 4.20. The van der Waals surface area contributed by atoms with Crippen LogP contribution in [0, 0.1) is 0 Å². The molecule has 0 spiro atoms. The number of hydrogen-bond acceptors (Lipinski definition) is 6. The quantitative estimate of drug-likeness (QED) is 0.141. The molecule has 8 heteroatoms. The zero-order valence-electron chi connectivity index (χ0n) is 21.7. The van der Waals surface area contributed by atoms with Gasteiger partial charge >= 0.3 is 5.97 Å². The summed E-state index contributed by atoms with van der Waals surface area (Å²) in [6.45, 7) is 1.99. The molecule has 0 aliphatic rings. The number of nitrogens with one attached hydrogen (secondary N) is 2. The van der Waals surface area contributed by atoms with Crippen molar-refractivity contribution < 1.29 is 19.1 Å². The smallest absolute Gasteiger partial charge is 0.341 e. The normalized spacial score (nSPS) is 10.7. The number of rotatable bonds is 9. The molecule has 0 saturated heterocycles. The van der Waals surface area contributed by atoms with Gasteiger partial charge in [0, 0.05) is 27.1 Å². The average molecular weight is 567 g/mol. The first-order valence-corrected chi connectivity index (χ1v) is 14.5. The Labute approximate surface area is 240 Å². The van der Waals surface area contributed by atoms with Gasteiger partial charge in [0.15, 0.2) is 0 Å². The van der Waals surface area contributed by atoms with E-state index in [4.69, 9.17) is 4.74 Å². The number of amides is 2. The van der Waals surface area contributed by atoms with Gasteiger partial charge in [0.25, 0.3) is 5.91 Å². The van der Waals surface area contributed by atoms with E-state index in [1.54, 1.807) is 13.0 Å². The summed E-state index contributed by atoms with van der Waals surface area (Å²) in [6, 6.07) is 30.4. The molecule has 200 valence electrons. The zero-order chi connectivity index (χ0) is 27.9. The Kier molecular flexibility index (Phi) is 8.59. The molecule has 1 aromatic heterocycles. The molecule has 6 nitrogen and oxygen atoms in total. The lowest BCUT2D eigenvalue weighted by Gasteiger charge is -2.10. The molecule has 0 fully saturated rings. The van der Waals surface area contributed by atoms with Gasteiger partial charge in [-0.1, -0.05) is 66.7 Å². The van der Waals surface area contributed by atoms with Crippen molar-refractivity contribution in [3.63, 3.8) is 0 Å². The van der Waals surface area contributed by atoms with Gasteiger partial charge in [-0.3, -0.25) is 9.59 Å². The van der Waals surface area contributed by atoms with Gasteiger partial charge in [0.2, 0.25) is 5.91 Å². The van der Waals surface area contributed by atoms with Crippen LogP contribution in [-0.2, 0) is 9.53 Å². The minimum atomic E-state index is -0.472. The molecule has 0 radical (unpaired) electrons. The summed E-state index contributed by atoms with van der Waals surface area (Å²) in [5.41, 5.74) is 3.16. The van der Waals surface area contributed by atoms with Gasteiger partial charge in [-0.2, -0.15) is 0 Å². The van der Waals surface area contributed by atoms with Gasteiger partial charge < -0.3 is 15.4 Å². The SMILES string of the molecule is CCOC(=O)c1c(-c2ccccc2)csc1NC(=O)CSc1cccc(NC(=O)c2ccc3ccccc3c2)c1. The summed E-state index contributed by atoms with van der Waals surface area (Å²) in [5, 5.41) is 10.2. The summed E-state index contributed by atoms with van der Waals surface area (Å²) in [4.78, 5) is 39.3. The molecule has 0 atom stereocenters. The number of benzene rings is 4. The van der Waals surface area contributed by atoms with Crippen molar-refractivity contribution in [1.82, 2.24) is 0 Å². The second kappa shape index (κ2) is 12.6. The van der Waals surface area contributed by atoms with Crippen molar-refractivity contribution in [2.45, 2.75) is 11.8 Å². The lowest BCUT2D eigenvalue weighted by Crippen LogP contribution is -2.16.